The highest BCUT2D eigenvalue weighted by molar-refractivity contribution is 5.90. The van der Waals surface area contributed by atoms with E-state index in [4.69, 9.17) is 5.10 Å². The Balaban J connectivity index is 1.61. The molecule has 0 bridgehead atoms. The van der Waals surface area contributed by atoms with Crippen LogP contribution >= 0.6 is 0 Å². The third-order valence-electron chi connectivity index (χ3n) is 5.29. The second kappa shape index (κ2) is 8.29. The molecule has 2 aromatic carbocycles. The normalized spacial score (nSPS) is 10.8. The van der Waals surface area contributed by atoms with Crippen molar-refractivity contribution in [2.24, 2.45) is 0 Å². The Morgan fingerprint density at radius 3 is 2.40 bits per heavy atom. The van der Waals surface area contributed by atoms with E-state index in [0.717, 1.165) is 39.6 Å². The molecule has 0 spiro atoms. The average molecular weight is 399 g/mol. The molecule has 30 heavy (non-hydrogen) atoms. The van der Waals surface area contributed by atoms with Crippen molar-refractivity contribution in [1.29, 1.82) is 0 Å². The molecule has 0 radical (unpaired) electrons. The van der Waals surface area contributed by atoms with Crippen molar-refractivity contribution in [3.05, 3.63) is 95.4 Å². The zero-order valence-electron chi connectivity index (χ0n) is 17.4. The molecule has 0 unspecified atom stereocenters. The summed E-state index contributed by atoms with van der Waals surface area (Å²) >= 11 is 0. The summed E-state index contributed by atoms with van der Waals surface area (Å²) in [5, 5.41) is 10.7. The topological polar surface area (TPSA) is 63.9 Å². The van der Waals surface area contributed by atoms with Crippen LogP contribution in [0.1, 0.15) is 22.4 Å². The summed E-state index contributed by atoms with van der Waals surface area (Å²) in [5.41, 5.74) is 5.82. The molecule has 4 rings (SSSR count). The second-order valence-electron chi connectivity index (χ2n) is 7.28. The molecule has 0 saturated carbocycles. The van der Waals surface area contributed by atoms with Gasteiger partial charge in [-0.3, -0.25) is 0 Å². The Hall–Kier alpha value is -3.80. The number of carbonyl (C=O) groups excluding carboxylic acids is 1. The van der Waals surface area contributed by atoms with Gasteiger partial charge in [-0.2, -0.15) is 5.10 Å². The van der Waals surface area contributed by atoms with Gasteiger partial charge >= 0.3 is 6.03 Å². The van der Waals surface area contributed by atoms with Gasteiger partial charge in [0, 0.05) is 23.6 Å². The van der Waals surface area contributed by atoms with E-state index in [1.54, 1.807) is 0 Å². The van der Waals surface area contributed by atoms with Gasteiger partial charge in [0.1, 0.15) is 5.82 Å². The van der Waals surface area contributed by atoms with Gasteiger partial charge in [-0.15, -0.1) is 0 Å². The van der Waals surface area contributed by atoms with Crippen molar-refractivity contribution >= 4 is 11.7 Å². The number of para-hydroxylation sites is 1. The molecular formula is C24H25N5O. The Bertz CT molecular complexity index is 1160. The SMILES string of the molecule is Cc1cccc(NC(=O)NCc2c(C)nn(-c3ccccc3)c2-n2cccc2)c1C. The molecule has 6 heteroatoms. The van der Waals surface area contributed by atoms with E-state index >= 15 is 0 Å². The number of anilines is 1. The summed E-state index contributed by atoms with van der Waals surface area (Å²) < 4.78 is 3.93. The molecule has 0 aliphatic rings. The lowest BCUT2D eigenvalue weighted by molar-refractivity contribution is 0.251. The minimum absolute atomic E-state index is 0.242. The zero-order valence-corrected chi connectivity index (χ0v) is 17.4. The highest BCUT2D eigenvalue weighted by Gasteiger charge is 2.18. The van der Waals surface area contributed by atoms with Crippen LogP contribution in [0.25, 0.3) is 11.5 Å². The number of carbonyl (C=O) groups is 1. The van der Waals surface area contributed by atoms with Crippen LogP contribution in [-0.2, 0) is 6.54 Å². The predicted molar refractivity (Wildman–Crippen MR) is 119 cm³/mol. The smallest absolute Gasteiger partial charge is 0.319 e. The maximum atomic E-state index is 12.6. The third-order valence-corrected chi connectivity index (χ3v) is 5.29. The van der Waals surface area contributed by atoms with Crippen molar-refractivity contribution in [3.63, 3.8) is 0 Å². The first-order valence-corrected chi connectivity index (χ1v) is 9.93. The standard InChI is InChI=1S/C24H25N5O/c1-17-10-9-13-22(18(17)2)26-24(30)25-16-21-19(3)27-29(20-11-5-4-6-12-20)23(21)28-14-7-8-15-28/h4-15H,16H2,1-3H3,(H2,25,26,30). The van der Waals surface area contributed by atoms with Crippen molar-refractivity contribution in [1.82, 2.24) is 19.7 Å². The fourth-order valence-corrected chi connectivity index (χ4v) is 3.47. The maximum absolute atomic E-state index is 12.6. The van der Waals surface area contributed by atoms with Gasteiger partial charge in [-0.05, 0) is 62.2 Å². The zero-order chi connectivity index (χ0) is 21.1. The predicted octanol–water partition coefficient (Wildman–Crippen LogP) is 4.91. The first kappa shape index (κ1) is 19.5. The second-order valence-corrected chi connectivity index (χ2v) is 7.28. The summed E-state index contributed by atoms with van der Waals surface area (Å²) in [7, 11) is 0. The van der Waals surface area contributed by atoms with Crippen LogP contribution in [0.4, 0.5) is 10.5 Å². The monoisotopic (exact) mass is 399 g/mol. The number of aromatic nitrogens is 3. The lowest BCUT2D eigenvalue weighted by Gasteiger charge is -2.13. The van der Waals surface area contributed by atoms with Crippen LogP contribution in [0.5, 0.6) is 0 Å². The van der Waals surface area contributed by atoms with E-state index in [-0.39, 0.29) is 6.03 Å². The molecule has 4 aromatic rings. The van der Waals surface area contributed by atoms with Crippen LogP contribution < -0.4 is 10.6 Å². The molecule has 0 saturated heterocycles. The molecule has 2 N–H and O–H groups in total. The number of rotatable bonds is 5. The molecule has 0 atom stereocenters. The summed E-state index contributed by atoms with van der Waals surface area (Å²) in [6.45, 7) is 6.36. The van der Waals surface area contributed by atoms with Gasteiger partial charge in [0.15, 0.2) is 0 Å². The summed E-state index contributed by atoms with van der Waals surface area (Å²) in [6, 6.07) is 19.6. The van der Waals surface area contributed by atoms with Crippen LogP contribution in [-0.4, -0.2) is 20.4 Å². The Morgan fingerprint density at radius 2 is 1.67 bits per heavy atom. The summed E-state index contributed by atoms with van der Waals surface area (Å²) in [4.78, 5) is 12.6. The van der Waals surface area contributed by atoms with Crippen molar-refractivity contribution in [2.75, 3.05) is 5.32 Å². The number of aryl methyl sites for hydroxylation is 2. The molecule has 0 fully saturated rings. The lowest BCUT2D eigenvalue weighted by Crippen LogP contribution is -2.29. The third kappa shape index (κ3) is 3.85. The molecule has 2 heterocycles. The minimum Gasteiger partial charge on any atom is -0.334 e. The Labute approximate surface area is 176 Å². The fourth-order valence-electron chi connectivity index (χ4n) is 3.47. The summed E-state index contributed by atoms with van der Waals surface area (Å²) in [6.07, 6.45) is 3.96. The number of urea groups is 1. The first-order valence-electron chi connectivity index (χ1n) is 9.93. The molecular weight excluding hydrogens is 374 g/mol. The van der Waals surface area contributed by atoms with E-state index in [9.17, 15) is 4.79 Å². The number of benzene rings is 2. The Kier molecular flexibility index (Phi) is 5.39. The number of nitrogens with zero attached hydrogens (tertiary/aromatic N) is 3. The van der Waals surface area contributed by atoms with Crippen molar-refractivity contribution in [2.45, 2.75) is 27.3 Å². The molecule has 2 aromatic heterocycles. The molecule has 0 aliphatic carbocycles. The first-order chi connectivity index (χ1) is 14.5. The lowest BCUT2D eigenvalue weighted by atomic mass is 10.1. The van der Waals surface area contributed by atoms with Crippen LogP contribution in [0.3, 0.4) is 0 Å². The minimum atomic E-state index is -0.242. The van der Waals surface area contributed by atoms with Gasteiger partial charge in [0.05, 0.1) is 17.9 Å². The van der Waals surface area contributed by atoms with Crippen LogP contribution in [0, 0.1) is 20.8 Å². The molecule has 0 aliphatic heterocycles. The van der Waals surface area contributed by atoms with Gasteiger partial charge in [-0.1, -0.05) is 30.3 Å². The van der Waals surface area contributed by atoms with Gasteiger partial charge in [0.2, 0.25) is 0 Å². The van der Waals surface area contributed by atoms with Gasteiger partial charge in [0.25, 0.3) is 0 Å². The highest BCUT2D eigenvalue weighted by atomic mass is 16.2. The number of hydrogen-bond acceptors (Lipinski definition) is 2. The van der Waals surface area contributed by atoms with Gasteiger partial charge < -0.3 is 15.2 Å². The van der Waals surface area contributed by atoms with E-state index in [0.29, 0.717) is 6.54 Å². The van der Waals surface area contributed by atoms with Crippen molar-refractivity contribution in [3.8, 4) is 11.5 Å². The number of nitrogens with one attached hydrogen (secondary N) is 2. The average Bonchev–Trinajstić information content (AvgIpc) is 3.38. The number of hydrogen-bond donors (Lipinski definition) is 2. The largest absolute Gasteiger partial charge is 0.334 e. The fraction of sp³-hybridized carbons (Fsp3) is 0.167. The summed E-state index contributed by atoms with van der Waals surface area (Å²) in [5.74, 6) is 0.913. The number of amides is 2. The molecule has 2 amide bonds. The van der Waals surface area contributed by atoms with E-state index in [1.807, 2.05) is 103 Å². The van der Waals surface area contributed by atoms with Crippen LogP contribution in [0.15, 0.2) is 73.1 Å². The Morgan fingerprint density at radius 1 is 0.933 bits per heavy atom. The molecule has 152 valence electrons. The van der Waals surface area contributed by atoms with E-state index in [2.05, 4.69) is 10.6 Å². The molecule has 6 nitrogen and oxygen atoms in total. The quantitative estimate of drug-likeness (QED) is 0.501. The highest BCUT2D eigenvalue weighted by Crippen LogP contribution is 2.23. The van der Waals surface area contributed by atoms with E-state index < -0.39 is 0 Å². The van der Waals surface area contributed by atoms with Crippen LogP contribution in [0.2, 0.25) is 0 Å². The van der Waals surface area contributed by atoms with Crippen molar-refractivity contribution < 1.29 is 4.79 Å². The maximum Gasteiger partial charge on any atom is 0.319 e. The van der Waals surface area contributed by atoms with E-state index in [1.165, 1.54) is 0 Å². The van der Waals surface area contributed by atoms with Gasteiger partial charge in [-0.25, -0.2) is 9.48 Å².